The Morgan fingerprint density at radius 1 is 0.920 bits per heavy atom. The normalized spacial score (nSPS) is 17.0. The van der Waals surface area contributed by atoms with Gasteiger partial charge in [-0.15, -0.1) is 0 Å². The highest BCUT2D eigenvalue weighted by Crippen LogP contribution is 2.43. The third-order valence-electron chi connectivity index (χ3n) is 4.74. The Balaban J connectivity index is 1.83. The lowest BCUT2D eigenvalue weighted by molar-refractivity contribution is 0.245. The van der Waals surface area contributed by atoms with Crippen LogP contribution in [0.2, 0.25) is 0 Å². The van der Waals surface area contributed by atoms with Crippen LogP contribution in [0.15, 0.2) is 64.4 Å². The average molecular weight is 380 g/mol. The van der Waals surface area contributed by atoms with E-state index in [0.29, 0.717) is 0 Å². The Labute approximate surface area is 148 Å². The van der Waals surface area contributed by atoms with Crippen molar-refractivity contribution in [2.24, 2.45) is 5.14 Å². The van der Waals surface area contributed by atoms with E-state index in [1.54, 1.807) is 0 Å². The Kier molecular flexibility index (Phi) is 4.72. The zero-order valence-corrected chi connectivity index (χ0v) is 15.2. The van der Waals surface area contributed by atoms with Gasteiger partial charge in [0, 0.05) is 12.0 Å². The SMILES string of the molecule is NS(=O)(=O)c1cccc(S(=O)(=O)NCC2(c3ccccc3)CCC2)c1. The van der Waals surface area contributed by atoms with Crippen LogP contribution in [0.4, 0.5) is 0 Å². The predicted molar refractivity (Wildman–Crippen MR) is 95.0 cm³/mol. The summed E-state index contributed by atoms with van der Waals surface area (Å²) in [4.78, 5) is -0.335. The molecule has 3 N–H and O–H groups in total. The highest BCUT2D eigenvalue weighted by atomic mass is 32.2. The number of sulfonamides is 2. The summed E-state index contributed by atoms with van der Waals surface area (Å²) in [6.07, 6.45) is 2.88. The zero-order valence-electron chi connectivity index (χ0n) is 13.6. The van der Waals surface area contributed by atoms with Crippen LogP contribution in [0, 0.1) is 0 Å². The number of nitrogens with one attached hydrogen (secondary N) is 1. The van der Waals surface area contributed by atoms with Gasteiger partial charge in [-0.3, -0.25) is 0 Å². The van der Waals surface area contributed by atoms with E-state index in [1.807, 2.05) is 30.3 Å². The van der Waals surface area contributed by atoms with Gasteiger partial charge in [-0.2, -0.15) is 0 Å². The maximum atomic E-state index is 12.6. The monoisotopic (exact) mass is 380 g/mol. The topological polar surface area (TPSA) is 106 Å². The van der Waals surface area contributed by atoms with Crippen LogP contribution in [-0.4, -0.2) is 23.4 Å². The van der Waals surface area contributed by atoms with Gasteiger partial charge in [0.1, 0.15) is 0 Å². The van der Waals surface area contributed by atoms with Crippen molar-refractivity contribution in [3.8, 4) is 0 Å². The molecule has 1 saturated carbocycles. The summed E-state index contributed by atoms with van der Waals surface area (Å²) in [5.41, 5.74) is 0.911. The zero-order chi connectivity index (χ0) is 18.1. The molecule has 0 saturated heterocycles. The van der Waals surface area contributed by atoms with Gasteiger partial charge in [-0.05, 0) is 36.6 Å². The third kappa shape index (κ3) is 3.77. The van der Waals surface area contributed by atoms with E-state index < -0.39 is 20.0 Å². The second kappa shape index (κ2) is 6.53. The van der Waals surface area contributed by atoms with E-state index in [2.05, 4.69) is 4.72 Å². The van der Waals surface area contributed by atoms with Crippen LogP contribution in [0.5, 0.6) is 0 Å². The number of hydrogen-bond acceptors (Lipinski definition) is 4. The minimum absolute atomic E-state index is 0.110. The van der Waals surface area contributed by atoms with Gasteiger partial charge in [0.2, 0.25) is 20.0 Å². The van der Waals surface area contributed by atoms with Gasteiger partial charge in [0.15, 0.2) is 0 Å². The molecule has 0 bridgehead atoms. The fourth-order valence-electron chi connectivity index (χ4n) is 3.10. The van der Waals surface area contributed by atoms with Gasteiger partial charge < -0.3 is 0 Å². The number of nitrogens with two attached hydrogens (primary N) is 1. The molecule has 134 valence electrons. The molecule has 0 radical (unpaired) electrons. The molecule has 0 spiro atoms. The largest absolute Gasteiger partial charge is 0.240 e. The average Bonchev–Trinajstić information content (AvgIpc) is 2.54. The second-order valence-electron chi connectivity index (χ2n) is 6.34. The minimum Gasteiger partial charge on any atom is -0.225 e. The molecule has 25 heavy (non-hydrogen) atoms. The molecule has 1 aliphatic carbocycles. The highest BCUT2D eigenvalue weighted by Gasteiger charge is 2.39. The lowest BCUT2D eigenvalue weighted by Crippen LogP contribution is -2.45. The van der Waals surface area contributed by atoms with Crippen LogP contribution in [-0.2, 0) is 25.5 Å². The summed E-state index contributed by atoms with van der Waals surface area (Å²) in [5, 5.41) is 5.08. The minimum atomic E-state index is -3.96. The molecule has 3 rings (SSSR count). The first-order valence-corrected chi connectivity index (χ1v) is 10.9. The molecule has 2 aromatic rings. The fraction of sp³-hybridized carbons (Fsp3) is 0.294. The molecule has 1 fully saturated rings. The molecule has 0 atom stereocenters. The molecule has 0 heterocycles. The maximum absolute atomic E-state index is 12.6. The lowest BCUT2D eigenvalue weighted by atomic mass is 9.64. The van der Waals surface area contributed by atoms with Crippen molar-refractivity contribution >= 4 is 20.0 Å². The van der Waals surface area contributed by atoms with Gasteiger partial charge in [-0.1, -0.05) is 42.8 Å². The lowest BCUT2D eigenvalue weighted by Gasteiger charge is -2.42. The number of rotatable bonds is 6. The smallest absolute Gasteiger partial charge is 0.225 e. The van der Waals surface area contributed by atoms with Crippen LogP contribution >= 0.6 is 0 Å². The van der Waals surface area contributed by atoms with E-state index in [1.165, 1.54) is 18.2 Å². The summed E-state index contributed by atoms with van der Waals surface area (Å²) in [7, 11) is -7.79. The molecule has 6 nitrogen and oxygen atoms in total. The first-order chi connectivity index (χ1) is 11.7. The Morgan fingerprint density at radius 2 is 1.56 bits per heavy atom. The number of primary sulfonamides is 1. The van der Waals surface area contributed by atoms with Gasteiger partial charge in [-0.25, -0.2) is 26.7 Å². The molecule has 0 amide bonds. The summed E-state index contributed by atoms with van der Waals surface area (Å²) >= 11 is 0. The van der Waals surface area contributed by atoms with Crippen molar-refractivity contribution < 1.29 is 16.8 Å². The second-order valence-corrected chi connectivity index (χ2v) is 9.67. The molecule has 1 aliphatic rings. The summed E-state index contributed by atoms with van der Waals surface area (Å²) < 4.78 is 50.7. The van der Waals surface area contributed by atoms with Crippen molar-refractivity contribution in [2.75, 3.05) is 6.54 Å². The van der Waals surface area contributed by atoms with Crippen LogP contribution in [0.3, 0.4) is 0 Å². The van der Waals surface area contributed by atoms with E-state index >= 15 is 0 Å². The summed E-state index contributed by atoms with van der Waals surface area (Å²) in [6.45, 7) is 0.277. The molecule has 2 aromatic carbocycles. The quantitative estimate of drug-likeness (QED) is 0.796. The molecular weight excluding hydrogens is 360 g/mol. The van der Waals surface area contributed by atoms with E-state index in [9.17, 15) is 16.8 Å². The van der Waals surface area contributed by atoms with Crippen LogP contribution < -0.4 is 9.86 Å². The Hall–Kier alpha value is -1.74. The van der Waals surface area contributed by atoms with Crippen molar-refractivity contribution in [2.45, 2.75) is 34.5 Å². The van der Waals surface area contributed by atoms with Crippen molar-refractivity contribution in [1.82, 2.24) is 4.72 Å². The molecule has 0 aromatic heterocycles. The van der Waals surface area contributed by atoms with E-state index in [4.69, 9.17) is 5.14 Å². The van der Waals surface area contributed by atoms with Crippen molar-refractivity contribution in [3.05, 3.63) is 60.2 Å². The maximum Gasteiger partial charge on any atom is 0.240 e. The molecular formula is C17H20N2O4S2. The molecule has 8 heteroatoms. The fourth-order valence-corrected chi connectivity index (χ4v) is 4.90. The van der Waals surface area contributed by atoms with Gasteiger partial charge in [0.05, 0.1) is 9.79 Å². The predicted octanol–water partition coefficient (Wildman–Crippen LogP) is 1.73. The Morgan fingerprint density at radius 3 is 2.12 bits per heavy atom. The van der Waals surface area contributed by atoms with Crippen LogP contribution in [0.1, 0.15) is 24.8 Å². The molecule has 0 aliphatic heterocycles. The van der Waals surface area contributed by atoms with Crippen molar-refractivity contribution in [3.63, 3.8) is 0 Å². The third-order valence-corrected chi connectivity index (χ3v) is 7.05. The summed E-state index contributed by atoms with van der Waals surface area (Å²) in [5.74, 6) is 0. The highest BCUT2D eigenvalue weighted by molar-refractivity contribution is 7.90. The standard InChI is InChI=1S/C17H20N2O4S2/c18-24(20,21)15-8-4-9-16(12-15)25(22,23)19-13-17(10-5-11-17)14-6-2-1-3-7-14/h1-4,6-9,12,19H,5,10-11,13H2,(H2,18,20,21). The van der Waals surface area contributed by atoms with Crippen molar-refractivity contribution in [1.29, 1.82) is 0 Å². The number of benzene rings is 2. The Bertz CT molecular complexity index is 967. The van der Waals surface area contributed by atoms with E-state index in [-0.39, 0.29) is 21.8 Å². The first kappa shape index (κ1) is 18.1. The summed E-state index contributed by atoms with van der Waals surface area (Å²) in [6, 6.07) is 14.9. The van der Waals surface area contributed by atoms with Crippen LogP contribution in [0.25, 0.3) is 0 Å². The van der Waals surface area contributed by atoms with E-state index in [0.717, 1.165) is 30.9 Å². The molecule has 0 unspecified atom stereocenters. The van der Waals surface area contributed by atoms with Gasteiger partial charge in [0.25, 0.3) is 0 Å². The first-order valence-electron chi connectivity index (χ1n) is 7.91. The number of hydrogen-bond donors (Lipinski definition) is 2. The van der Waals surface area contributed by atoms with Gasteiger partial charge >= 0.3 is 0 Å².